The number of ether oxygens (including phenoxy) is 2. The molecule has 1 saturated heterocycles. The Kier molecular flexibility index (Phi) is 8.81. The maximum atomic E-state index is 13.1. The van der Waals surface area contributed by atoms with E-state index in [4.69, 9.17) is 32.7 Å². The summed E-state index contributed by atoms with van der Waals surface area (Å²) in [6.07, 6.45) is 0.645. The fourth-order valence-electron chi connectivity index (χ4n) is 3.08. The van der Waals surface area contributed by atoms with Gasteiger partial charge in [-0.3, -0.25) is 14.5 Å². The Bertz CT molecular complexity index is 1020. The molecule has 1 atom stereocenters. The molecule has 0 spiro atoms. The number of nitrogens with one attached hydrogen (secondary N) is 1. The van der Waals surface area contributed by atoms with Crippen molar-refractivity contribution in [2.75, 3.05) is 32.7 Å². The van der Waals surface area contributed by atoms with Crippen molar-refractivity contribution < 1.29 is 19.1 Å². The van der Waals surface area contributed by atoms with Gasteiger partial charge in [0.05, 0.1) is 28.5 Å². The third kappa shape index (κ3) is 6.16. The molecule has 0 bridgehead atoms. The largest absolute Gasteiger partial charge is 0.495 e. The van der Waals surface area contributed by atoms with Crippen molar-refractivity contribution in [3.63, 3.8) is 0 Å². The molecule has 1 N–H and O–H groups in total. The van der Waals surface area contributed by atoms with E-state index in [1.807, 2.05) is 6.07 Å². The minimum Gasteiger partial charge on any atom is -0.495 e. The van der Waals surface area contributed by atoms with Crippen LogP contribution in [0.25, 0.3) is 0 Å². The molecule has 0 aliphatic carbocycles. The Morgan fingerprint density at radius 2 is 1.97 bits per heavy atom. The third-order valence-corrected chi connectivity index (χ3v) is 6.54. The summed E-state index contributed by atoms with van der Waals surface area (Å²) in [4.78, 5) is 31.9. The van der Waals surface area contributed by atoms with Crippen LogP contribution >= 0.6 is 35.0 Å². The van der Waals surface area contributed by atoms with Crippen molar-refractivity contribution in [2.45, 2.75) is 18.1 Å². The maximum Gasteiger partial charge on any atom is 0.242 e. The first-order valence-corrected chi connectivity index (χ1v) is 11.5. The quantitative estimate of drug-likeness (QED) is 0.495. The number of benzene rings is 2. The zero-order valence-corrected chi connectivity index (χ0v) is 20.0. The number of rotatable bonds is 9. The van der Waals surface area contributed by atoms with Gasteiger partial charge >= 0.3 is 0 Å². The first kappa shape index (κ1) is 24.4. The number of methoxy groups -OCH3 is 2. The second-order valence-corrected chi connectivity index (χ2v) is 8.87. The number of nitrogens with zero attached hydrogens (tertiary/aromatic N) is 2. The van der Waals surface area contributed by atoms with Crippen LogP contribution in [-0.4, -0.2) is 54.5 Å². The first-order valence-electron chi connectivity index (χ1n) is 9.86. The maximum absolute atomic E-state index is 13.1. The van der Waals surface area contributed by atoms with Gasteiger partial charge in [-0.25, -0.2) is 4.99 Å². The van der Waals surface area contributed by atoms with Gasteiger partial charge < -0.3 is 14.8 Å². The number of carbonyl (C=O) groups excluding carboxylic acids is 2. The minimum atomic E-state index is -0.589. The number of carbonyl (C=O) groups is 2. The van der Waals surface area contributed by atoms with E-state index in [0.717, 1.165) is 0 Å². The van der Waals surface area contributed by atoms with Crippen LogP contribution in [0.15, 0.2) is 47.5 Å². The Hall–Kier alpha value is -2.26. The third-order valence-electron chi connectivity index (χ3n) is 4.63. The number of amidine groups is 1. The summed E-state index contributed by atoms with van der Waals surface area (Å²) in [7, 11) is 3.14. The molecule has 32 heavy (non-hydrogen) atoms. The minimum absolute atomic E-state index is 0.00270. The lowest BCUT2D eigenvalue weighted by molar-refractivity contribution is -0.128. The van der Waals surface area contributed by atoms with Crippen LogP contribution in [0.4, 0.5) is 11.4 Å². The lowest BCUT2D eigenvalue weighted by atomic mass is 10.2. The number of para-hydroxylation sites is 2. The van der Waals surface area contributed by atoms with Crippen LogP contribution in [0, 0.1) is 0 Å². The Labute approximate surface area is 201 Å². The van der Waals surface area contributed by atoms with Crippen molar-refractivity contribution in [2.24, 2.45) is 4.99 Å². The van der Waals surface area contributed by atoms with Gasteiger partial charge in [0, 0.05) is 26.7 Å². The molecular formula is C22H23Cl2N3O4S. The number of halogens is 2. The molecule has 1 aliphatic heterocycles. The van der Waals surface area contributed by atoms with E-state index >= 15 is 0 Å². The van der Waals surface area contributed by atoms with Crippen LogP contribution in [0.5, 0.6) is 5.75 Å². The predicted octanol–water partition coefficient (Wildman–Crippen LogP) is 5.00. The molecule has 2 aromatic rings. The van der Waals surface area contributed by atoms with Gasteiger partial charge in [-0.05, 0) is 36.8 Å². The summed E-state index contributed by atoms with van der Waals surface area (Å²) in [6.45, 7) is 0.942. The Morgan fingerprint density at radius 1 is 1.19 bits per heavy atom. The number of amides is 2. The van der Waals surface area contributed by atoms with Crippen LogP contribution in [0.1, 0.15) is 12.8 Å². The lowest BCUT2D eigenvalue weighted by Gasteiger charge is -2.16. The molecule has 1 fully saturated rings. The highest BCUT2D eigenvalue weighted by atomic mass is 35.5. The van der Waals surface area contributed by atoms with Crippen LogP contribution in [-0.2, 0) is 14.3 Å². The second-order valence-electron chi connectivity index (χ2n) is 6.89. The SMILES string of the molecule is COCCCN1C(=O)C(CC(=O)Nc2ccccc2OC)SC1=Nc1ccc(Cl)c(Cl)c1. The molecule has 0 saturated carbocycles. The van der Waals surface area contributed by atoms with Gasteiger partial charge in [0.25, 0.3) is 0 Å². The van der Waals surface area contributed by atoms with Crippen molar-refractivity contribution in [1.29, 1.82) is 0 Å². The number of thioether (sulfide) groups is 1. The molecule has 1 heterocycles. The molecule has 10 heteroatoms. The van der Waals surface area contributed by atoms with Crippen molar-refractivity contribution >= 4 is 63.3 Å². The normalized spacial score (nSPS) is 17.1. The second kappa shape index (κ2) is 11.6. The van der Waals surface area contributed by atoms with E-state index < -0.39 is 5.25 Å². The fraction of sp³-hybridized carbons (Fsp3) is 0.318. The molecular weight excluding hydrogens is 473 g/mol. The summed E-state index contributed by atoms with van der Waals surface area (Å²) in [5, 5.41) is 3.54. The highest BCUT2D eigenvalue weighted by Crippen LogP contribution is 2.34. The van der Waals surface area contributed by atoms with E-state index in [2.05, 4.69) is 10.3 Å². The van der Waals surface area contributed by atoms with Gasteiger partial charge in [-0.15, -0.1) is 0 Å². The van der Waals surface area contributed by atoms with Crippen LogP contribution in [0.3, 0.4) is 0 Å². The first-order chi connectivity index (χ1) is 15.4. The topological polar surface area (TPSA) is 80.2 Å². The van der Waals surface area contributed by atoms with Crippen molar-refractivity contribution in [3.05, 3.63) is 52.5 Å². The van der Waals surface area contributed by atoms with Crippen molar-refractivity contribution in [3.8, 4) is 5.75 Å². The molecule has 2 aromatic carbocycles. The van der Waals surface area contributed by atoms with Gasteiger partial charge in [0.1, 0.15) is 11.0 Å². The molecule has 1 unspecified atom stereocenters. The predicted molar refractivity (Wildman–Crippen MR) is 129 cm³/mol. The van der Waals surface area contributed by atoms with Crippen LogP contribution in [0.2, 0.25) is 10.0 Å². The Morgan fingerprint density at radius 3 is 2.69 bits per heavy atom. The average molecular weight is 496 g/mol. The average Bonchev–Trinajstić information content (AvgIpc) is 3.05. The van der Waals surface area contributed by atoms with E-state index in [9.17, 15) is 9.59 Å². The zero-order valence-electron chi connectivity index (χ0n) is 17.6. The molecule has 2 amide bonds. The summed E-state index contributed by atoms with van der Waals surface area (Å²) < 4.78 is 10.4. The Balaban J connectivity index is 1.76. The lowest BCUT2D eigenvalue weighted by Crippen LogP contribution is -2.34. The number of hydrogen-bond donors (Lipinski definition) is 1. The van der Waals surface area contributed by atoms with Crippen LogP contribution < -0.4 is 10.1 Å². The summed E-state index contributed by atoms with van der Waals surface area (Å²) in [6, 6.07) is 12.1. The molecule has 7 nitrogen and oxygen atoms in total. The summed E-state index contributed by atoms with van der Waals surface area (Å²) in [5.74, 6) is 0.0994. The van der Waals surface area contributed by atoms with Gasteiger partial charge in [-0.1, -0.05) is 47.1 Å². The molecule has 3 rings (SSSR count). The van der Waals surface area contributed by atoms with E-state index in [-0.39, 0.29) is 18.2 Å². The molecule has 170 valence electrons. The zero-order chi connectivity index (χ0) is 23.1. The highest BCUT2D eigenvalue weighted by molar-refractivity contribution is 8.15. The van der Waals surface area contributed by atoms with E-state index in [1.165, 1.54) is 18.9 Å². The van der Waals surface area contributed by atoms with Gasteiger partial charge in [-0.2, -0.15) is 0 Å². The highest BCUT2D eigenvalue weighted by Gasteiger charge is 2.39. The fourth-order valence-corrected chi connectivity index (χ4v) is 4.56. The smallest absolute Gasteiger partial charge is 0.242 e. The molecule has 1 aliphatic rings. The summed E-state index contributed by atoms with van der Waals surface area (Å²) in [5.41, 5.74) is 1.13. The number of aliphatic imine (C=N–C) groups is 1. The molecule has 0 aromatic heterocycles. The standard InChI is InChI=1S/C22H23Cl2N3O4S/c1-30-11-5-10-27-21(29)19(13-20(28)26-17-6-3-4-7-18(17)31-2)32-22(27)25-14-8-9-15(23)16(24)12-14/h3-4,6-9,12,19H,5,10-11,13H2,1-2H3,(H,26,28). The van der Waals surface area contributed by atoms with Gasteiger partial charge in [0.15, 0.2) is 5.17 Å². The number of hydrogen-bond acceptors (Lipinski definition) is 6. The van der Waals surface area contributed by atoms with Crippen molar-refractivity contribution in [1.82, 2.24) is 4.90 Å². The van der Waals surface area contributed by atoms with E-state index in [0.29, 0.717) is 51.9 Å². The van der Waals surface area contributed by atoms with E-state index in [1.54, 1.807) is 48.4 Å². The monoisotopic (exact) mass is 495 g/mol. The molecule has 0 radical (unpaired) electrons. The number of anilines is 1. The summed E-state index contributed by atoms with van der Waals surface area (Å²) >= 11 is 13.3. The van der Waals surface area contributed by atoms with Gasteiger partial charge in [0.2, 0.25) is 11.8 Å².